The fourth-order valence-electron chi connectivity index (χ4n) is 5.77. The summed E-state index contributed by atoms with van der Waals surface area (Å²) in [7, 11) is 1.72. The topological polar surface area (TPSA) is 101 Å². The van der Waals surface area contributed by atoms with Crippen molar-refractivity contribution >= 4 is 23.3 Å². The molecule has 1 aliphatic heterocycles. The van der Waals surface area contributed by atoms with Crippen LogP contribution in [-0.4, -0.2) is 58.9 Å². The van der Waals surface area contributed by atoms with Gasteiger partial charge < -0.3 is 20.3 Å². The van der Waals surface area contributed by atoms with Crippen molar-refractivity contribution in [2.45, 2.75) is 31.2 Å². The van der Waals surface area contributed by atoms with Crippen LogP contribution in [0.3, 0.4) is 0 Å². The monoisotopic (exact) mass is 486 g/mol. The van der Waals surface area contributed by atoms with Crippen LogP contribution in [-0.2, 0) is 23.0 Å². The molecule has 3 aliphatic rings. The van der Waals surface area contributed by atoms with Gasteiger partial charge in [-0.25, -0.2) is 4.98 Å². The number of hydrogen-bond acceptors (Lipinski definition) is 6. The van der Waals surface area contributed by atoms with E-state index in [4.69, 9.17) is 4.74 Å². The lowest BCUT2D eigenvalue weighted by Gasteiger charge is -2.30. The standard InChI is InChI=1S/C27H30N6O3/c1-32-21(8-11-29-32)25(34)31-24(23-20-5-3-2-4-18(20)16-27(23)9-10-27)26(35)30-19-6-7-22(28-17-19)33-12-14-36-15-13-33/h2-8,11,17,23-24H,9-10,12-16H2,1H3,(H,30,35)(H,31,34)/t23?,24-/m0/s1. The zero-order valence-corrected chi connectivity index (χ0v) is 20.3. The molecule has 2 fully saturated rings. The normalized spacial score (nSPS) is 20.6. The van der Waals surface area contributed by atoms with E-state index in [-0.39, 0.29) is 23.1 Å². The van der Waals surface area contributed by atoms with E-state index in [9.17, 15) is 9.59 Å². The van der Waals surface area contributed by atoms with Crippen molar-refractivity contribution in [2.24, 2.45) is 12.5 Å². The minimum Gasteiger partial charge on any atom is -0.378 e. The summed E-state index contributed by atoms with van der Waals surface area (Å²) < 4.78 is 6.94. The summed E-state index contributed by atoms with van der Waals surface area (Å²) >= 11 is 0. The smallest absolute Gasteiger partial charge is 0.270 e. The van der Waals surface area contributed by atoms with Crippen LogP contribution >= 0.6 is 0 Å². The van der Waals surface area contributed by atoms with Crippen molar-refractivity contribution < 1.29 is 14.3 Å². The number of aryl methyl sites for hydroxylation is 1. The van der Waals surface area contributed by atoms with Crippen molar-refractivity contribution in [1.29, 1.82) is 0 Å². The second kappa shape index (κ2) is 9.05. The highest BCUT2D eigenvalue weighted by atomic mass is 16.5. The molecule has 1 saturated heterocycles. The lowest BCUT2D eigenvalue weighted by Crippen LogP contribution is -2.49. The average Bonchev–Trinajstić information content (AvgIpc) is 3.40. The predicted octanol–water partition coefficient (Wildman–Crippen LogP) is 2.51. The number of benzene rings is 1. The molecular formula is C27H30N6O3. The Morgan fingerprint density at radius 2 is 1.92 bits per heavy atom. The van der Waals surface area contributed by atoms with Gasteiger partial charge in [-0.1, -0.05) is 24.3 Å². The SMILES string of the molecule is Cn1nccc1C(=O)N[C@H](C(=O)Nc1ccc(N2CCOCC2)nc1)C1c2ccccc2CC12CC2. The molecule has 0 bridgehead atoms. The fourth-order valence-corrected chi connectivity index (χ4v) is 5.77. The van der Waals surface area contributed by atoms with Crippen molar-refractivity contribution in [2.75, 3.05) is 36.5 Å². The Hall–Kier alpha value is -3.72. The van der Waals surface area contributed by atoms with Crippen molar-refractivity contribution in [1.82, 2.24) is 20.1 Å². The third kappa shape index (κ3) is 4.13. The highest BCUT2D eigenvalue weighted by molar-refractivity contribution is 6.01. The summed E-state index contributed by atoms with van der Waals surface area (Å²) in [6.07, 6.45) is 6.30. The molecule has 6 rings (SSSR count). The summed E-state index contributed by atoms with van der Waals surface area (Å²) in [5.41, 5.74) is 3.46. The van der Waals surface area contributed by atoms with Crippen LogP contribution in [0, 0.1) is 5.41 Å². The molecule has 9 nitrogen and oxygen atoms in total. The maximum Gasteiger partial charge on any atom is 0.270 e. The first-order valence-corrected chi connectivity index (χ1v) is 12.5. The molecule has 0 radical (unpaired) electrons. The van der Waals surface area contributed by atoms with Gasteiger partial charge in [-0.2, -0.15) is 5.10 Å². The number of fused-ring (bicyclic) bond motifs is 1. The molecule has 2 N–H and O–H groups in total. The maximum atomic E-state index is 13.8. The Morgan fingerprint density at radius 3 is 2.61 bits per heavy atom. The Bertz CT molecular complexity index is 1280. The van der Waals surface area contributed by atoms with Gasteiger partial charge in [0.05, 0.1) is 25.1 Å². The summed E-state index contributed by atoms with van der Waals surface area (Å²) in [6, 6.07) is 13.0. The van der Waals surface area contributed by atoms with E-state index < -0.39 is 6.04 Å². The molecular weight excluding hydrogens is 456 g/mol. The van der Waals surface area contributed by atoms with Crippen LogP contribution in [0.1, 0.15) is 40.4 Å². The zero-order chi connectivity index (χ0) is 24.7. The van der Waals surface area contributed by atoms with Crippen LogP contribution in [0.5, 0.6) is 0 Å². The van der Waals surface area contributed by atoms with E-state index in [1.165, 1.54) is 10.2 Å². The number of hydrogen-bond donors (Lipinski definition) is 2. The summed E-state index contributed by atoms with van der Waals surface area (Å²) in [5.74, 6) is 0.223. The van der Waals surface area contributed by atoms with Gasteiger partial charge in [-0.3, -0.25) is 14.3 Å². The van der Waals surface area contributed by atoms with E-state index in [0.717, 1.165) is 43.7 Å². The highest BCUT2D eigenvalue weighted by Crippen LogP contribution is 2.64. The summed E-state index contributed by atoms with van der Waals surface area (Å²) in [4.78, 5) is 33.8. The maximum absolute atomic E-state index is 13.8. The van der Waals surface area contributed by atoms with Crippen LogP contribution in [0.2, 0.25) is 0 Å². The molecule has 2 aromatic heterocycles. The number of carbonyl (C=O) groups excluding carboxylic acids is 2. The molecule has 36 heavy (non-hydrogen) atoms. The van der Waals surface area contributed by atoms with Gasteiger partial charge in [0, 0.05) is 32.3 Å². The van der Waals surface area contributed by atoms with Crippen molar-refractivity contribution in [3.05, 3.63) is 71.7 Å². The number of pyridine rings is 1. The Kier molecular flexibility index (Phi) is 5.72. The number of aromatic nitrogens is 3. The number of nitrogens with zero attached hydrogens (tertiary/aromatic N) is 4. The average molecular weight is 487 g/mol. The zero-order valence-electron chi connectivity index (χ0n) is 20.3. The number of nitrogens with one attached hydrogen (secondary N) is 2. The first-order valence-electron chi connectivity index (χ1n) is 12.5. The van der Waals surface area contributed by atoms with E-state index in [1.54, 1.807) is 25.5 Å². The second-order valence-electron chi connectivity index (χ2n) is 10.0. The van der Waals surface area contributed by atoms with Gasteiger partial charge in [-0.15, -0.1) is 0 Å². The van der Waals surface area contributed by atoms with Crippen LogP contribution in [0.25, 0.3) is 0 Å². The number of ether oxygens (including phenoxy) is 1. The summed E-state index contributed by atoms with van der Waals surface area (Å²) in [6.45, 7) is 2.96. The number of anilines is 2. The third-order valence-electron chi connectivity index (χ3n) is 7.79. The van der Waals surface area contributed by atoms with Gasteiger partial charge >= 0.3 is 0 Å². The molecule has 3 heterocycles. The quantitative estimate of drug-likeness (QED) is 0.555. The van der Waals surface area contributed by atoms with E-state index in [0.29, 0.717) is 24.6 Å². The van der Waals surface area contributed by atoms with Crippen molar-refractivity contribution in [3.8, 4) is 0 Å². The molecule has 9 heteroatoms. The number of amides is 2. The molecule has 2 atom stereocenters. The fraction of sp³-hybridized carbons (Fsp3) is 0.407. The first kappa shape index (κ1) is 22.7. The lowest BCUT2D eigenvalue weighted by atomic mass is 9.82. The molecule has 1 aromatic carbocycles. The Morgan fingerprint density at radius 1 is 1.11 bits per heavy atom. The molecule has 3 aromatic rings. The molecule has 1 saturated carbocycles. The number of rotatable bonds is 6. The van der Waals surface area contributed by atoms with E-state index in [1.807, 2.05) is 24.3 Å². The minimum absolute atomic E-state index is 0.0177. The van der Waals surface area contributed by atoms with Gasteiger partial charge in [0.2, 0.25) is 5.91 Å². The van der Waals surface area contributed by atoms with Crippen LogP contribution < -0.4 is 15.5 Å². The lowest BCUT2D eigenvalue weighted by molar-refractivity contribution is -0.118. The number of carbonyl (C=O) groups is 2. The van der Waals surface area contributed by atoms with Crippen LogP contribution in [0.4, 0.5) is 11.5 Å². The van der Waals surface area contributed by atoms with Gasteiger partial charge in [0.25, 0.3) is 5.91 Å². The Labute approximate surface area is 209 Å². The van der Waals surface area contributed by atoms with Gasteiger partial charge in [-0.05, 0) is 54.0 Å². The van der Waals surface area contributed by atoms with Crippen LogP contribution in [0.15, 0.2) is 54.9 Å². The first-order chi connectivity index (χ1) is 17.5. The van der Waals surface area contributed by atoms with Crippen molar-refractivity contribution in [3.63, 3.8) is 0 Å². The van der Waals surface area contributed by atoms with Gasteiger partial charge in [0.15, 0.2) is 0 Å². The predicted molar refractivity (Wildman–Crippen MR) is 135 cm³/mol. The highest BCUT2D eigenvalue weighted by Gasteiger charge is 2.58. The van der Waals surface area contributed by atoms with E-state index >= 15 is 0 Å². The van der Waals surface area contributed by atoms with Gasteiger partial charge in [0.1, 0.15) is 17.6 Å². The molecule has 2 aliphatic carbocycles. The molecule has 2 amide bonds. The number of morpholine rings is 1. The second-order valence-corrected chi connectivity index (χ2v) is 10.0. The molecule has 1 unspecified atom stereocenters. The van der Waals surface area contributed by atoms with E-state index in [2.05, 4.69) is 37.7 Å². The summed E-state index contributed by atoms with van der Waals surface area (Å²) in [5, 5.41) is 10.2. The molecule has 186 valence electrons. The Balaban J connectivity index is 1.27. The largest absolute Gasteiger partial charge is 0.378 e. The third-order valence-corrected chi connectivity index (χ3v) is 7.79. The minimum atomic E-state index is -0.725. The molecule has 1 spiro atoms.